The molecule has 1 saturated heterocycles. The molecule has 1 unspecified atom stereocenters. The van der Waals surface area contributed by atoms with Crippen LogP contribution in [0.3, 0.4) is 0 Å². The van der Waals surface area contributed by atoms with Crippen LogP contribution in [0.15, 0.2) is 29.3 Å². The minimum atomic E-state index is -0.773. The molecule has 166 valence electrons. The maximum atomic E-state index is 12.4. The van der Waals surface area contributed by atoms with E-state index < -0.39 is 5.54 Å². The smallest absolute Gasteiger partial charge is 0.325 e. The predicted octanol–water partition coefficient (Wildman–Crippen LogP) is 2.10. The van der Waals surface area contributed by atoms with Gasteiger partial charge in [-0.1, -0.05) is 19.1 Å². The van der Waals surface area contributed by atoms with Crippen molar-refractivity contribution in [3.8, 4) is 0 Å². The van der Waals surface area contributed by atoms with Crippen molar-refractivity contribution in [2.45, 2.75) is 46.1 Å². The summed E-state index contributed by atoms with van der Waals surface area (Å²) in [6.07, 6.45) is 1.24. The molecule has 1 aliphatic heterocycles. The molecular weight excluding hydrogens is 380 g/mol. The quantitative estimate of drug-likeness (QED) is 0.235. The zero-order valence-corrected chi connectivity index (χ0v) is 18.9. The van der Waals surface area contributed by atoms with Crippen molar-refractivity contribution in [1.29, 1.82) is 0 Å². The Morgan fingerprint density at radius 1 is 1.23 bits per heavy atom. The molecule has 1 aromatic rings. The van der Waals surface area contributed by atoms with Crippen LogP contribution in [0, 0.1) is 6.92 Å². The number of urea groups is 1. The fourth-order valence-electron chi connectivity index (χ4n) is 3.46. The molecule has 0 aliphatic carbocycles. The average Bonchev–Trinajstić information content (AvgIpc) is 2.95. The number of guanidine groups is 1. The van der Waals surface area contributed by atoms with Crippen molar-refractivity contribution in [2.24, 2.45) is 4.99 Å². The number of benzene rings is 1. The fourth-order valence-corrected chi connectivity index (χ4v) is 3.46. The number of nitrogens with zero attached hydrogens (tertiary/aromatic N) is 3. The number of anilines is 1. The number of carbonyl (C=O) groups excluding carboxylic acids is 2. The molecule has 2 rings (SSSR count). The Kier molecular flexibility index (Phi) is 8.50. The van der Waals surface area contributed by atoms with Crippen molar-refractivity contribution in [2.75, 3.05) is 44.7 Å². The third-order valence-corrected chi connectivity index (χ3v) is 5.55. The molecule has 1 heterocycles. The lowest BCUT2D eigenvalue weighted by molar-refractivity contribution is -0.130. The summed E-state index contributed by atoms with van der Waals surface area (Å²) in [6, 6.07) is 8.19. The lowest BCUT2D eigenvalue weighted by Crippen LogP contribution is -2.44. The maximum Gasteiger partial charge on any atom is 0.325 e. The Morgan fingerprint density at radius 3 is 2.57 bits per heavy atom. The normalized spacial score (nSPS) is 19.1. The van der Waals surface area contributed by atoms with Crippen LogP contribution in [0.25, 0.3) is 0 Å². The van der Waals surface area contributed by atoms with E-state index in [-0.39, 0.29) is 11.9 Å². The number of aryl methyl sites for hydroxylation is 1. The molecule has 0 bridgehead atoms. The van der Waals surface area contributed by atoms with Crippen LogP contribution in [-0.2, 0) is 4.79 Å². The van der Waals surface area contributed by atoms with Gasteiger partial charge in [-0.05, 0) is 51.3 Å². The van der Waals surface area contributed by atoms with Gasteiger partial charge in [0.15, 0.2) is 5.96 Å². The number of hydrogen-bond donors (Lipinski definition) is 3. The second kappa shape index (κ2) is 10.8. The largest absolute Gasteiger partial charge is 0.370 e. The maximum absolute atomic E-state index is 12.4. The van der Waals surface area contributed by atoms with E-state index in [0.717, 1.165) is 19.6 Å². The molecule has 0 aromatic heterocycles. The highest BCUT2D eigenvalue weighted by Crippen LogP contribution is 2.20. The Morgan fingerprint density at radius 2 is 1.97 bits per heavy atom. The van der Waals surface area contributed by atoms with Crippen LogP contribution >= 0.6 is 0 Å². The van der Waals surface area contributed by atoms with E-state index in [0.29, 0.717) is 31.9 Å². The van der Waals surface area contributed by atoms with Crippen molar-refractivity contribution in [3.63, 3.8) is 0 Å². The Labute approximate surface area is 180 Å². The second-order valence-electron chi connectivity index (χ2n) is 7.77. The first kappa shape index (κ1) is 23.5. The van der Waals surface area contributed by atoms with E-state index in [9.17, 15) is 9.59 Å². The molecule has 0 saturated carbocycles. The molecule has 1 atom stereocenters. The number of imide groups is 1. The predicted molar refractivity (Wildman–Crippen MR) is 122 cm³/mol. The van der Waals surface area contributed by atoms with Gasteiger partial charge < -0.3 is 20.9 Å². The highest BCUT2D eigenvalue weighted by molar-refractivity contribution is 6.06. The monoisotopic (exact) mass is 416 g/mol. The molecule has 1 aromatic carbocycles. The van der Waals surface area contributed by atoms with E-state index in [4.69, 9.17) is 0 Å². The Balaban J connectivity index is 1.72. The van der Waals surface area contributed by atoms with Gasteiger partial charge in [0.2, 0.25) is 0 Å². The van der Waals surface area contributed by atoms with Crippen molar-refractivity contribution in [1.82, 2.24) is 20.9 Å². The van der Waals surface area contributed by atoms with Crippen molar-refractivity contribution < 1.29 is 9.59 Å². The van der Waals surface area contributed by atoms with Crippen LogP contribution in [0.1, 0.15) is 39.2 Å². The summed E-state index contributed by atoms with van der Waals surface area (Å²) >= 11 is 0. The highest BCUT2D eigenvalue weighted by atomic mass is 16.2. The van der Waals surface area contributed by atoms with Gasteiger partial charge >= 0.3 is 6.03 Å². The molecule has 1 aliphatic rings. The van der Waals surface area contributed by atoms with Gasteiger partial charge in [0.1, 0.15) is 5.54 Å². The van der Waals surface area contributed by atoms with E-state index >= 15 is 0 Å². The Hall–Kier alpha value is -2.77. The summed E-state index contributed by atoms with van der Waals surface area (Å²) in [6.45, 7) is 11.5. The van der Waals surface area contributed by atoms with E-state index in [1.165, 1.54) is 16.2 Å². The van der Waals surface area contributed by atoms with Gasteiger partial charge in [-0.3, -0.25) is 14.7 Å². The number of amides is 3. The molecule has 0 spiro atoms. The average molecular weight is 417 g/mol. The van der Waals surface area contributed by atoms with Crippen LogP contribution in [0.4, 0.5) is 10.5 Å². The first-order valence-corrected chi connectivity index (χ1v) is 10.7. The van der Waals surface area contributed by atoms with Gasteiger partial charge in [-0.25, -0.2) is 4.79 Å². The summed E-state index contributed by atoms with van der Waals surface area (Å²) < 4.78 is 0. The highest BCUT2D eigenvalue weighted by Gasteiger charge is 2.45. The third-order valence-electron chi connectivity index (χ3n) is 5.55. The minimum Gasteiger partial charge on any atom is -0.370 e. The van der Waals surface area contributed by atoms with Gasteiger partial charge in [-0.2, -0.15) is 0 Å². The van der Waals surface area contributed by atoms with Gasteiger partial charge in [0.05, 0.1) is 0 Å². The summed E-state index contributed by atoms with van der Waals surface area (Å²) in [5, 5.41) is 9.35. The van der Waals surface area contributed by atoms with Crippen molar-refractivity contribution in [3.05, 3.63) is 29.8 Å². The molecular formula is C22H36N6O2. The lowest BCUT2D eigenvalue weighted by atomic mass is 9.99. The van der Waals surface area contributed by atoms with E-state index in [1.807, 2.05) is 6.92 Å². The van der Waals surface area contributed by atoms with Crippen LogP contribution in [0.5, 0.6) is 0 Å². The van der Waals surface area contributed by atoms with Crippen molar-refractivity contribution >= 4 is 23.6 Å². The molecule has 3 N–H and O–H groups in total. The summed E-state index contributed by atoms with van der Waals surface area (Å²) in [5.41, 5.74) is 1.69. The molecule has 8 heteroatoms. The number of carbonyl (C=O) groups is 2. The van der Waals surface area contributed by atoms with Crippen LogP contribution < -0.4 is 20.9 Å². The third kappa shape index (κ3) is 5.87. The topological polar surface area (TPSA) is 89.1 Å². The zero-order chi connectivity index (χ0) is 22.1. The van der Waals surface area contributed by atoms with Crippen LogP contribution in [0.2, 0.25) is 0 Å². The summed E-state index contributed by atoms with van der Waals surface area (Å²) in [5.74, 6) is 0.569. The first-order chi connectivity index (χ1) is 14.3. The van der Waals surface area contributed by atoms with Gasteiger partial charge in [-0.15, -0.1) is 0 Å². The summed E-state index contributed by atoms with van der Waals surface area (Å²) in [4.78, 5) is 32.3. The molecule has 30 heavy (non-hydrogen) atoms. The first-order valence-electron chi connectivity index (χ1n) is 10.7. The molecule has 0 radical (unpaired) electrons. The number of rotatable bonds is 10. The molecule has 1 fully saturated rings. The fraction of sp³-hybridized carbons (Fsp3) is 0.591. The standard InChI is InChI=1S/C22H36N6O2/c1-6-22(4)19(29)28(21(30)26-22)14-9-12-24-20(23-5)25-13-15-27(7-2)18-11-8-10-17(3)16-18/h8,10-11,16H,6-7,9,12-15H2,1-5H3,(H,26,30)(H2,23,24,25). The van der Waals surface area contributed by atoms with Gasteiger partial charge in [0.25, 0.3) is 5.91 Å². The zero-order valence-electron chi connectivity index (χ0n) is 18.9. The second-order valence-corrected chi connectivity index (χ2v) is 7.77. The molecule has 8 nitrogen and oxygen atoms in total. The van der Waals surface area contributed by atoms with E-state index in [2.05, 4.69) is 64.0 Å². The Bertz CT molecular complexity index is 766. The molecule has 3 amide bonds. The number of likely N-dealkylation sites (N-methyl/N-ethyl adjacent to an activating group) is 1. The minimum absolute atomic E-state index is 0.145. The lowest BCUT2D eigenvalue weighted by Gasteiger charge is -2.24. The number of nitrogens with one attached hydrogen (secondary N) is 3. The number of aliphatic imine (C=N–C) groups is 1. The van der Waals surface area contributed by atoms with Gasteiger partial charge in [0, 0.05) is 45.5 Å². The van der Waals surface area contributed by atoms with E-state index in [1.54, 1.807) is 14.0 Å². The summed E-state index contributed by atoms with van der Waals surface area (Å²) in [7, 11) is 1.73. The number of hydrogen-bond acceptors (Lipinski definition) is 4. The van der Waals surface area contributed by atoms with Crippen LogP contribution in [-0.4, -0.2) is 68.1 Å². The SMILES string of the molecule is CCN(CCNC(=NC)NCCCN1C(=O)NC(C)(CC)C1=O)c1cccc(C)c1.